The minimum absolute atomic E-state index is 0.192. The maximum absolute atomic E-state index is 13.6. The van der Waals surface area contributed by atoms with Gasteiger partial charge in [0.2, 0.25) is 0 Å². The van der Waals surface area contributed by atoms with Gasteiger partial charge in [0.25, 0.3) is 0 Å². The van der Waals surface area contributed by atoms with Gasteiger partial charge in [-0.3, -0.25) is 4.90 Å². The molecule has 1 atom stereocenters. The molecule has 230 valence electrons. The van der Waals surface area contributed by atoms with Crippen LogP contribution in [0.5, 0.6) is 0 Å². The minimum Gasteiger partial charge on any atom is -0.443 e. The normalized spacial score (nSPS) is 12.8. The van der Waals surface area contributed by atoms with E-state index in [-0.39, 0.29) is 12.2 Å². The van der Waals surface area contributed by atoms with Gasteiger partial charge in [-0.1, -0.05) is 37.6 Å². The SMILES string of the molecule is CCCC(C)OCCC(C)(C)N(C(=O)OC(C)(C)C)c1ccc2nc(-c3ccc(-c4ccc(N(C)C)nc4)cc3)sc2c1. The number of ether oxygens (including phenoxy) is 2. The first-order valence-electron chi connectivity index (χ1n) is 15.1. The number of amides is 1. The largest absolute Gasteiger partial charge is 0.443 e. The Labute approximate surface area is 260 Å². The summed E-state index contributed by atoms with van der Waals surface area (Å²) >= 11 is 1.62. The van der Waals surface area contributed by atoms with Crippen LogP contribution in [0.25, 0.3) is 31.9 Å². The lowest BCUT2D eigenvalue weighted by atomic mass is 9.97. The number of anilines is 2. The van der Waals surface area contributed by atoms with Crippen LogP contribution in [0.3, 0.4) is 0 Å². The second-order valence-corrected chi connectivity index (χ2v) is 13.9. The predicted octanol–water partition coefficient (Wildman–Crippen LogP) is 9.21. The molecule has 0 saturated heterocycles. The van der Waals surface area contributed by atoms with Crippen molar-refractivity contribution in [2.24, 2.45) is 0 Å². The molecule has 1 unspecified atom stereocenters. The molecule has 0 spiro atoms. The molecule has 2 aromatic carbocycles. The average molecular weight is 603 g/mol. The molecule has 0 aliphatic carbocycles. The average Bonchev–Trinajstić information content (AvgIpc) is 3.36. The van der Waals surface area contributed by atoms with Crippen molar-refractivity contribution in [1.82, 2.24) is 9.97 Å². The molecule has 7 nitrogen and oxygen atoms in total. The lowest BCUT2D eigenvalue weighted by Crippen LogP contribution is -2.50. The summed E-state index contributed by atoms with van der Waals surface area (Å²) in [6, 6.07) is 18.5. The van der Waals surface area contributed by atoms with Gasteiger partial charge in [-0.2, -0.15) is 0 Å². The van der Waals surface area contributed by atoms with Crippen LogP contribution in [0.2, 0.25) is 0 Å². The minimum atomic E-state index is -0.615. The maximum atomic E-state index is 13.6. The van der Waals surface area contributed by atoms with E-state index in [1.807, 2.05) is 64.2 Å². The number of rotatable bonds is 11. The lowest BCUT2D eigenvalue weighted by molar-refractivity contribution is 0.0414. The number of carbonyl (C=O) groups is 1. The highest BCUT2D eigenvalue weighted by molar-refractivity contribution is 7.21. The summed E-state index contributed by atoms with van der Waals surface area (Å²) in [6.45, 7) is 14.6. The van der Waals surface area contributed by atoms with E-state index in [1.54, 1.807) is 16.2 Å². The van der Waals surface area contributed by atoms with Gasteiger partial charge in [0.1, 0.15) is 16.4 Å². The zero-order valence-electron chi connectivity index (χ0n) is 27.1. The van der Waals surface area contributed by atoms with E-state index in [0.717, 1.165) is 56.3 Å². The van der Waals surface area contributed by atoms with E-state index < -0.39 is 11.1 Å². The molecule has 0 bridgehead atoms. The number of hydrogen-bond donors (Lipinski definition) is 0. The Morgan fingerprint density at radius 3 is 2.23 bits per heavy atom. The van der Waals surface area contributed by atoms with Crippen molar-refractivity contribution in [3.63, 3.8) is 0 Å². The van der Waals surface area contributed by atoms with Gasteiger partial charge < -0.3 is 14.4 Å². The first-order valence-corrected chi connectivity index (χ1v) is 15.9. The van der Waals surface area contributed by atoms with Crippen LogP contribution in [0, 0.1) is 0 Å². The summed E-state index contributed by atoms with van der Waals surface area (Å²) in [4.78, 5) is 26.8. The summed E-state index contributed by atoms with van der Waals surface area (Å²) in [5.74, 6) is 0.928. The molecule has 0 radical (unpaired) electrons. The molecular weight excluding hydrogens is 556 g/mol. The third-order valence-corrected chi connectivity index (χ3v) is 8.36. The van der Waals surface area contributed by atoms with Crippen molar-refractivity contribution >= 4 is 39.2 Å². The number of hydrogen-bond acceptors (Lipinski definition) is 7. The summed E-state index contributed by atoms with van der Waals surface area (Å²) < 4.78 is 13.0. The summed E-state index contributed by atoms with van der Waals surface area (Å²) in [6.07, 6.45) is 4.50. The Morgan fingerprint density at radius 1 is 0.953 bits per heavy atom. The molecule has 2 aromatic heterocycles. The van der Waals surface area contributed by atoms with Crippen LogP contribution >= 0.6 is 11.3 Å². The van der Waals surface area contributed by atoms with E-state index in [1.165, 1.54) is 0 Å². The lowest BCUT2D eigenvalue weighted by Gasteiger charge is -2.39. The molecule has 43 heavy (non-hydrogen) atoms. The number of pyridine rings is 1. The Bertz CT molecular complexity index is 1510. The smallest absolute Gasteiger partial charge is 0.415 e. The highest BCUT2D eigenvalue weighted by Crippen LogP contribution is 2.36. The zero-order valence-corrected chi connectivity index (χ0v) is 27.9. The van der Waals surface area contributed by atoms with E-state index in [2.05, 4.69) is 69.1 Å². The van der Waals surface area contributed by atoms with Gasteiger partial charge in [0, 0.05) is 49.3 Å². The van der Waals surface area contributed by atoms with Crippen LogP contribution in [0.4, 0.5) is 16.3 Å². The molecule has 4 aromatic rings. The van der Waals surface area contributed by atoms with Gasteiger partial charge in [0.05, 0.1) is 16.3 Å². The molecule has 0 aliphatic heterocycles. The molecule has 0 N–H and O–H groups in total. The Hall–Kier alpha value is -3.49. The second-order valence-electron chi connectivity index (χ2n) is 12.9. The molecule has 0 fully saturated rings. The molecule has 4 rings (SSSR count). The fourth-order valence-corrected chi connectivity index (χ4v) is 5.93. The number of nitrogens with zero attached hydrogens (tertiary/aromatic N) is 4. The number of fused-ring (bicyclic) bond motifs is 1. The summed E-state index contributed by atoms with van der Waals surface area (Å²) in [5.41, 5.74) is 3.75. The first kappa shape index (κ1) is 32.4. The predicted molar refractivity (Wildman–Crippen MR) is 180 cm³/mol. The summed E-state index contributed by atoms with van der Waals surface area (Å²) in [5, 5.41) is 0.932. The molecule has 2 heterocycles. The van der Waals surface area contributed by atoms with Crippen molar-refractivity contribution in [2.45, 2.75) is 85.0 Å². The van der Waals surface area contributed by atoms with Crippen LogP contribution in [0.1, 0.15) is 67.7 Å². The van der Waals surface area contributed by atoms with E-state index in [9.17, 15) is 4.79 Å². The second kappa shape index (κ2) is 13.4. The summed E-state index contributed by atoms with van der Waals surface area (Å²) in [7, 11) is 3.97. The quantitative estimate of drug-likeness (QED) is 0.170. The molecule has 0 aliphatic rings. The highest BCUT2D eigenvalue weighted by atomic mass is 32.1. The number of carbonyl (C=O) groups excluding carboxylic acids is 1. The Kier molecular flexibility index (Phi) is 10.1. The standard InChI is InChI=1S/C35H46N4O3S/c1-10-11-24(2)41-21-20-35(6,7)39(33(40)42-34(3,4)5)28-17-18-29-30(22-28)43-32(37-29)26-14-12-25(13-15-26)27-16-19-31(36-23-27)38(8)9/h12-19,22-24H,10-11,20-21H2,1-9H3. The molecule has 0 saturated carbocycles. The van der Waals surface area contributed by atoms with Gasteiger partial charge in [-0.15, -0.1) is 11.3 Å². The number of aromatic nitrogens is 2. The van der Waals surface area contributed by atoms with Crippen molar-refractivity contribution in [3.05, 3.63) is 60.8 Å². The third kappa shape index (κ3) is 8.33. The molecular formula is C35H46N4O3S. The van der Waals surface area contributed by atoms with Crippen molar-refractivity contribution < 1.29 is 14.3 Å². The Balaban J connectivity index is 1.60. The molecule has 1 amide bonds. The molecule has 8 heteroatoms. The highest BCUT2D eigenvalue weighted by Gasteiger charge is 2.35. The van der Waals surface area contributed by atoms with Gasteiger partial charge >= 0.3 is 6.09 Å². The zero-order chi connectivity index (χ0) is 31.4. The number of thiazole rings is 1. The maximum Gasteiger partial charge on any atom is 0.415 e. The van der Waals surface area contributed by atoms with Crippen molar-refractivity contribution in [1.29, 1.82) is 0 Å². The Morgan fingerprint density at radius 2 is 1.63 bits per heavy atom. The van der Waals surface area contributed by atoms with Crippen molar-refractivity contribution in [3.8, 4) is 21.7 Å². The van der Waals surface area contributed by atoms with Gasteiger partial charge in [-0.05, 0) is 90.3 Å². The van der Waals surface area contributed by atoms with Crippen LogP contribution < -0.4 is 9.80 Å². The van der Waals surface area contributed by atoms with Crippen LogP contribution in [0.15, 0.2) is 60.8 Å². The fraction of sp³-hybridized carbons (Fsp3) is 0.457. The van der Waals surface area contributed by atoms with E-state index in [4.69, 9.17) is 14.5 Å². The van der Waals surface area contributed by atoms with E-state index in [0.29, 0.717) is 13.0 Å². The van der Waals surface area contributed by atoms with Gasteiger partial charge in [-0.25, -0.2) is 14.8 Å². The number of benzene rings is 2. The first-order chi connectivity index (χ1) is 20.3. The van der Waals surface area contributed by atoms with E-state index >= 15 is 0 Å². The van der Waals surface area contributed by atoms with Crippen LogP contribution in [-0.2, 0) is 9.47 Å². The van der Waals surface area contributed by atoms with Crippen LogP contribution in [-0.4, -0.2) is 54.0 Å². The monoisotopic (exact) mass is 602 g/mol. The van der Waals surface area contributed by atoms with Gasteiger partial charge in [0.15, 0.2) is 0 Å². The fourth-order valence-electron chi connectivity index (χ4n) is 4.92. The topological polar surface area (TPSA) is 67.8 Å². The van der Waals surface area contributed by atoms with Crippen molar-refractivity contribution in [2.75, 3.05) is 30.5 Å². The third-order valence-electron chi connectivity index (χ3n) is 7.29.